The van der Waals surface area contributed by atoms with Crippen LogP contribution in [0.25, 0.3) is 0 Å². The van der Waals surface area contributed by atoms with Gasteiger partial charge in [-0.3, -0.25) is 13.8 Å². The van der Waals surface area contributed by atoms with Crippen molar-refractivity contribution in [3.05, 3.63) is 35.4 Å². The third-order valence-electron chi connectivity index (χ3n) is 2.57. The summed E-state index contributed by atoms with van der Waals surface area (Å²) >= 11 is 0. The molecule has 2 atom stereocenters. The average Bonchev–Trinajstić information content (AvgIpc) is 2.37. The minimum atomic E-state index is -1.51. The smallest absolute Gasteiger partial charge is 0.327 e. The first-order valence-corrected chi connectivity index (χ1v) is 7.52. The molecule has 0 saturated carbocycles. The third kappa shape index (κ3) is 5.74. The molecule has 1 aromatic carbocycles. The zero-order valence-corrected chi connectivity index (χ0v) is 12.2. The van der Waals surface area contributed by atoms with Gasteiger partial charge in [0.05, 0.1) is 5.75 Å². The van der Waals surface area contributed by atoms with E-state index in [0.717, 1.165) is 0 Å². The summed E-state index contributed by atoms with van der Waals surface area (Å²) in [6.45, 7) is 1.19. The number of amides is 2. The van der Waals surface area contributed by atoms with Crippen LogP contribution in [-0.4, -0.2) is 38.9 Å². The summed E-state index contributed by atoms with van der Waals surface area (Å²) in [6.07, 6.45) is 0. The number of hydrogen-bond acceptors (Lipinski definition) is 4. The van der Waals surface area contributed by atoms with Crippen LogP contribution in [0.5, 0.6) is 0 Å². The standard InChI is InChI=1S/C13H16N2O5S/c1-8(16)15-11(13(18)19)7-21(20)6-9-3-2-4-10(5-9)12(14)17/h2-5,11H,6-7H2,1H3,(H2,14,17)(H,15,16)(H,18,19)/t11-,21?/m0/s1. The minimum absolute atomic E-state index is 0.0739. The Morgan fingerprint density at radius 2 is 2.05 bits per heavy atom. The molecule has 0 saturated heterocycles. The lowest BCUT2D eigenvalue weighted by atomic mass is 10.1. The summed E-state index contributed by atoms with van der Waals surface area (Å²) in [5.74, 6) is -2.48. The van der Waals surface area contributed by atoms with Crippen molar-refractivity contribution in [2.24, 2.45) is 5.73 Å². The van der Waals surface area contributed by atoms with Crippen molar-refractivity contribution >= 4 is 28.6 Å². The number of nitrogens with two attached hydrogens (primary N) is 1. The van der Waals surface area contributed by atoms with Crippen LogP contribution in [0.2, 0.25) is 0 Å². The highest BCUT2D eigenvalue weighted by Crippen LogP contribution is 2.08. The van der Waals surface area contributed by atoms with Crippen LogP contribution >= 0.6 is 0 Å². The Labute approximate surface area is 124 Å². The van der Waals surface area contributed by atoms with E-state index in [1.807, 2.05) is 0 Å². The Morgan fingerprint density at radius 1 is 1.38 bits per heavy atom. The molecule has 0 aliphatic rings. The van der Waals surface area contributed by atoms with Gasteiger partial charge in [0, 0.05) is 29.0 Å². The number of carbonyl (C=O) groups excluding carboxylic acids is 2. The number of primary amides is 1. The van der Waals surface area contributed by atoms with E-state index in [1.54, 1.807) is 12.1 Å². The summed E-state index contributed by atoms with van der Waals surface area (Å²) in [5, 5.41) is 11.2. The van der Waals surface area contributed by atoms with E-state index >= 15 is 0 Å². The van der Waals surface area contributed by atoms with Crippen molar-refractivity contribution in [1.29, 1.82) is 0 Å². The number of benzene rings is 1. The highest BCUT2D eigenvalue weighted by Gasteiger charge is 2.21. The lowest BCUT2D eigenvalue weighted by Gasteiger charge is -2.12. The summed E-state index contributed by atoms with van der Waals surface area (Å²) in [7, 11) is -1.51. The van der Waals surface area contributed by atoms with Crippen LogP contribution in [0.4, 0.5) is 0 Å². The quantitative estimate of drug-likeness (QED) is 0.633. The van der Waals surface area contributed by atoms with Gasteiger partial charge in [-0.15, -0.1) is 0 Å². The maximum atomic E-state index is 12.0. The summed E-state index contributed by atoms with van der Waals surface area (Å²) < 4.78 is 12.0. The van der Waals surface area contributed by atoms with E-state index in [2.05, 4.69) is 5.32 Å². The summed E-state index contributed by atoms with van der Waals surface area (Å²) in [6, 6.07) is 5.11. The Balaban J connectivity index is 2.72. The molecule has 1 rings (SSSR count). The Bertz CT molecular complexity index is 588. The van der Waals surface area contributed by atoms with Gasteiger partial charge in [-0.05, 0) is 17.7 Å². The van der Waals surface area contributed by atoms with Gasteiger partial charge < -0.3 is 16.2 Å². The molecule has 2 amide bonds. The molecule has 0 fully saturated rings. The van der Waals surface area contributed by atoms with E-state index in [4.69, 9.17) is 10.8 Å². The number of carbonyl (C=O) groups is 3. The molecule has 1 unspecified atom stereocenters. The molecule has 0 spiro atoms. The Kier molecular flexibility index (Phi) is 6.04. The molecule has 4 N–H and O–H groups in total. The number of carboxylic acids is 1. The number of carboxylic acid groups (broad SMARTS) is 1. The first-order valence-electron chi connectivity index (χ1n) is 6.03. The van der Waals surface area contributed by atoms with Gasteiger partial charge in [0.15, 0.2) is 0 Å². The number of nitrogens with one attached hydrogen (secondary N) is 1. The number of hydrogen-bond donors (Lipinski definition) is 3. The number of aliphatic carboxylic acids is 1. The Hall–Kier alpha value is -2.22. The van der Waals surface area contributed by atoms with Crippen LogP contribution in [0.1, 0.15) is 22.8 Å². The lowest BCUT2D eigenvalue weighted by molar-refractivity contribution is -0.140. The van der Waals surface area contributed by atoms with Gasteiger partial charge >= 0.3 is 5.97 Å². The highest BCUT2D eigenvalue weighted by molar-refractivity contribution is 7.84. The van der Waals surface area contributed by atoms with Gasteiger partial charge in [-0.25, -0.2) is 4.79 Å². The SMILES string of the molecule is CC(=O)N[C@@H](CS(=O)Cc1cccc(C(N)=O)c1)C(=O)O. The molecule has 0 aliphatic heterocycles. The fourth-order valence-electron chi connectivity index (χ4n) is 1.67. The van der Waals surface area contributed by atoms with Crippen LogP contribution in [0.15, 0.2) is 24.3 Å². The second-order valence-electron chi connectivity index (χ2n) is 4.41. The second kappa shape index (κ2) is 7.53. The molecule has 0 radical (unpaired) electrons. The first kappa shape index (κ1) is 16.8. The highest BCUT2D eigenvalue weighted by atomic mass is 32.2. The van der Waals surface area contributed by atoms with Crippen LogP contribution < -0.4 is 11.1 Å². The van der Waals surface area contributed by atoms with Crippen LogP contribution in [0, 0.1) is 0 Å². The molecular weight excluding hydrogens is 296 g/mol. The second-order valence-corrected chi connectivity index (χ2v) is 5.91. The van der Waals surface area contributed by atoms with Crippen molar-refractivity contribution in [1.82, 2.24) is 5.32 Å². The molecule has 114 valence electrons. The third-order valence-corrected chi connectivity index (χ3v) is 3.93. The van der Waals surface area contributed by atoms with E-state index in [9.17, 15) is 18.6 Å². The van der Waals surface area contributed by atoms with Crippen molar-refractivity contribution in [3.8, 4) is 0 Å². The predicted molar refractivity (Wildman–Crippen MR) is 76.9 cm³/mol. The zero-order valence-electron chi connectivity index (χ0n) is 11.4. The molecule has 8 heteroatoms. The summed E-state index contributed by atoms with van der Waals surface area (Å²) in [4.78, 5) is 32.9. The van der Waals surface area contributed by atoms with E-state index < -0.39 is 34.6 Å². The molecule has 0 heterocycles. The monoisotopic (exact) mass is 312 g/mol. The van der Waals surface area contributed by atoms with Gasteiger partial charge in [0.1, 0.15) is 6.04 Å². The molecule has 0 bridgehead atoms. The molecular formula is C13H16N2O5S. The van der Waals surface area contributed by atoms with Gasteiger partial charge in [-0.2, -0.15) is 0 Å². The average molecular weight is 312 g/mol. The fourth-order valence-corrected chi connectivity index (χ4v) is 2.93. The zero-order chi connectivity index (χ0) is 16.0. The largest absolute Gasteiger partial charge is 0.480 e. The Morgan fingerprint density at radius 3 is 2.57 bits per heavy atom. The molecule has 1 aromatic rings. The molecule has 7 nitrogen and oxygen atoms in total. The van der Waals surface area contributed by atoms with Crippen molar-refractivity contribution in [3.63, 3.8) is 0 Å². The fraction of sp³-hybridized carbons (Fsp3) is 0.308. The predicted octanol–water partition coefficient (Wildman–Crippen LogP) is -0.376. The van der Waals surface area contributed by atoms with Crippen LogP contribution in [0.3, 0.4) is 0 Å². The maximum absolute atomic E-state index is 12.0. The number of rotatable bonds is 7. The van der Waals surface area contributed by atoms with Crippen molar-refractivity contribution < 1.29 is 23.7 Å². The topological polar surface area (TPSA) is 127 Å². The van der Waals surface area contributed by atoms with Gasteiger partial charge in [0.2, 0.25) is 11.8 Å². The lowest BCUT2D eigenvalue weighted by Crippen LogP contribution is -2.43. The van der Waals surface area contributed by atoms with E-state index in [-0.39, 0.29) is 11.5 Å². The summed E-state index contributed by atoms with van der Waals surface area (Å²) in [5.41, 5.74) is 6.05. The van der Waals surface area contributed by atoms with E-state index in [0.29, 0.717) is 11.1 Å². The van der Waals surface area contributed by atoms with Gasteiger partial charge in [0.25, 0.3) is 0 Å². The molecule has 21 heavy (non-hydrogen) atoms. The van der Waals surface area contributed by atoms with Gasteiger partial charge in [-0.1, -0.05) is 12.1 Å². The van der Waals surface area contributed by atoms with Crippen molar-refractivity contribution in [2.45, 2.75) is 18.7 Å². The molecule has 0 aromatic heterocycles. The first-order chi connectivity index (χ1) is 9.79. The maximum Gasteiger partial charge on any atom is 0.327 e. The van der Waals surface area contributed by atoms with Crippen molar-refractivity contribution in [2.75, 3.05) is 5.75 Å². The van der Waals surface area contributed by atoms with E-state index in [1.165, 1.54) is 19.1 Å². The molecule has 0 aliphatic carbocycles. The van der Waals surface area contributed by atoms with Crippen LogP contribution in [-0.2, 0) is 26.1 Å². The minimum Gasteiger partial charge on any atom is -0.480 e. The normalized spacial score (nSPS) is 13.2.